The fraction of sp³-hybridized carbons (Fsp3) is 0.500. The summed E-state index contributed by atoms with van der Waals surface area (Å²) in [5.41, 5.74) is 1.04. The molecule has 1 aromatic carbocycles. The molecule has 18 heavy (non-hydrogen) atoms. The van der Waals surface area contributed by atoms with Crippen LogP contribution in [0, 0.1) is 0 Å². The van der Waals surface area contributed by atoms with Crippen LogP contribution in [-0.2, 0) is 0 Å². The molecule has 0 atom stereocenters. The van der Waals surface area contributed by atoms with Gasteiger partial charge < -0.3 is 14.5 Å². The molecule has 4 heteroatoms. The second-order valence-electron chi connectivity index (χ2n) is 4.52. The van der Waals surface area contributed by atoms with Gasteiger partial charge in [-0.25, -0.2) is 0 Å². The lowest BCUT2D eigenvalue weighted by Gasteiger charge is -2.34. The minimum atomic E-state index is 0.669. The van der Waals surface area contributed by atoms with E-state index in [4.69, 9.17) is 17.0 Å². The predicted octanol–water partition coefficient (Wildman–Crippen LogP) is 2.01. The number of hydrogen-bond acceptors (Lipinski definition) is 3. The molecular weight excluding hydrogens is 244 g/mol. The third-order valence-corrected chi connectivity index (χ3v) is 3.69. The molecule has 1 saturated heterocycles. The van der Waals surface area contributed by atoms with Crippen molar-refractivity contribution in [1.82, 2.24) is 9.80 Å². The molecule has 0 aliphatic carbocycles. The topological polar surface area (TPSA) is 15.7 Å². The van der Waals surface area contributed by atoms with Gasteiger partial charge in [0.05, 0.1) is 12.2 Å². The molecule has 0 N–H and O–H groups in total. The molecule has 3 nitrogen and oxygen atoms in total. The van der Waals surface area contributed by atoms with E-state index < -0.39 is 0 Å². The lowest BCUT2D eigenvalue weighted by atomic mass is 10.1. The van der Waals surface area contributed by atoms with Crippen molar-refractivity contribution in [2.24, 2.45) is 0 Å². The van der Waals surface area contributed by atoms with Crippen LogP contribution in [0.3, 0.4) is 0 Å². The third kappa shape index (κ3) is 3.00. The van der Waals surface area contributed by atoms with Gasteiger partial charge in [-0.3, -0.25) is 0 Å². The summed E-state index contributed by atoms with van der Waals surface area (Å²) < 4.78 is 5.65. The van der Waals surface area contributed by atoms with Crippen molar-refractivity contribution in [2.45, 2.75) is 6.92 Å². The number of benzene rings is 1. The van der Waals surface area contributed by atoms with Crippen molar-refractivity contribution in [2.75, 3.05) is 39.8 Å². The Kier molecular flexibility index (Phi) is 4.55. The van der Waals surface area contributed by atoms with Gasteiger partial charge in [0.25, 0.3) is 0 Å². The fourth-order valence-corrected chi connectivity index (χ4v) is 2.46. The van der Waals surface area contributed by atoms with Gasteiger partial charge >= 0.3 is 0 Å². The largest absolute Gasteiger partial charge is 0.493 e. The lowest BCUT2D eigenvalue weighted by Crippen LogP contribution is -2.46. The molecule has 0 bridgehead atoms. The normalized spacial score (nSPS) is 16.7. The van der Waals surface area contributed by atoms with Crippen molar-refractivity contribution in [3.8, 4) is 5.75 Å². The van der Waals surface area contributed by atoms with E-state index in [-0.39, 0.29) is 0 Å². The summed E-state index contributed by atoms with van der Waals surface area (Å²) in [6.45, 7) is 6.79. The smallest absolute Gasteiger partial charge is 0.129 e. The maximum Gasteiger partial charge on any atom is 0.129 e. The maximum atomic E-state index is 5.65. The summed E-state index contributed by atoms with van der Waals surface area (Å²) in [6.07, 6.45) is 0. The van der Waals surface area contributed by atoms with Gasteiger partial charge in [-0.05, 0) is 26.1 Å². The summed E-state index contributed by atoms with van der Waals surface area (Å²) in [4.78, 5) is 5.51. The zero-order chi connectivity index (χ0) is 13.0. The van der Waals surface area contributed by atoms with Gasteiger partial charge in [0.15, 0.2) is 0 Å². The van der Waals surface area contributed by atoms with Crippen LogP contribution in [0.5, 0.6) is 5.75 Å². The number of piperazine rings is 1. The summed E-state index contributed by atoms with van der Waals surface area (Å²) in [7, 11) is 2.15. The Hall–Kier alpha value is -1.13. The molecule has 1 heterocycles. The molecule has 2 rings (SSSR count). The molecule has 1 aliphatic rings. The number of para-hydroxylation sites is 1. The first-order valence-electron chi connectivity index (χ1n) is 6.42. The van der Waals surface area contributed by atoms with Gasteiger partial charge in [-0.15, -0.1) is 0 Å². The molecule has 0 spiro atoms. The average Bonchev–Trinajstić information content (AvgIpc) is 2.40. The Labute approximate surface area is 114 Å². The van der Waals surface area contributed by atoms with Crippen LogP contribution in [0.4, 0.5) is 0 Å². The molecule has 0 unspecified atom stereocenters. The molecule has 0 amide bonds. The molecule has 0 aromatic heterocycles. The van der Waals surface area contributed by atoms with Gasteiger partial charge in [0, 0.05) is 26.2 Å². The van der Waals surface area contributed by atoms with Crippen LogP contribution in [0.15, 0.2) is 24.3 Å². The van der Waals surface area contributed by atoms with Crippen molar-refractivity contribution in [1.29, 1.82) is 0 Å². The molecule has 1 fully saturated rings. The summed E-state index contributed by atoms with van der Waals surface area (Å²) >= 11 is 5.61. The SMILES string of the molecule is CCOc1ccccc1C(=S)N1CCN(C)CC1. The van der Waals surface area contributed by atoms with E-state index in [0.29, 0.717) is 6.61 Å². The first-order valence-corrected chi connectivity index (χ1v) is 6.83. The van der Waals surface area contributed by atoms with E-state index in [0.717, 1.165) is 42.5 Å². The van der Waals surface area contributed by atoms with Gasteiger partial charge in [-0.2, -0.15) is 0 Å². The summed E-state index contributed by atoms with van der Waals surface area (Å²) in [6, 6.07) is 8.04. The van der Waals surface area contributed by atoms with Crippen molar-refractivity contribution in [3.05, 3.63) is 29.8 Å². The molecule has 0 radical (unpaired) electrons. The Morgan fingerprint density at radius 2 is 1.89 bits per heavy atom. The maximum absolute atomic E-state index is 5.65. The van der Waals surface area contributed by atoms with E-state index in [1.807, 2.05) is 31.2 Å². The minimum Gasteiger partial charge on any atom is -0.493 e. The van der Waals surface area contributed by atoms with Crippen LogP contribution in [-0.4, -0.2) is 54.6 Å². The molecule has 0 saturated carbocycles. The minimum absolute atomic E-state index is 0.669. The molecule has 1 aromatic rings. The highest BCUT2D eigenvalue weighted by molar-refractivity contribution is 7.80. The molecule has 1 aliphatic heterocycles. The average molecular weight is 264 g/mol. The number of nitrogens with zero attached hydrogens (tertiary/aromatic N) is 2. The van der Waals surface area contributed by atoms with Crippen LogP contribution in [0.2, 0.25) is 0 Å². The van der Waals surface area contributed by atoms with Crippen LogP contribution >= 0.6 is 12.2 Å². The first kappa shape index (κ1) is 13.3. The quantitative estimate of drug-likeness (QED) is 0.776. The third-order valence-electron chi connectivity index (χ3n) is 3.21. The standard InChI is InChI=1S/C14H20N2OS/c1-3-17-13-7-5-4-6-12(13)14(18)16-10-8-15(2)9-11-16/h4-7H,3,8-11H2,1-2H3. The van der Waals surface area contributed by atoms with E-state index in [2.05, 4.69) is 16.8 Å². The van der Waals surface area contributed by atoms with Gasteiger partial charge in [0.2, 0.25) is 0 Å². The molecule has 98 valence electrons. The lowest BCUT2D eigenvalue weighted by molar-refractivity contribution is 0.217. The van der Waals surface area contributed by atoms with Crippen LogP contribution in [0.25, 0.3) is 0 Å². The number of likely N-dealkylation sites (N-methyl/N-ethyl adjacent to an activating group) is 1. The van der Waals surface area contributed by atoms with E-state index in [1.165, 1.54) is 0 Å². The highest BCUT2D eigenvalue weighted by Gasteiger charge is 2.19. The highest BCUT2D eigenvalue weighted by Crippen LogP contribution is 2.21. The zero-order valence-electron chi connectivity index (χ0n) is 11.1. The van der Waals surface area contributed by atoms with E-state index in [1.54, 1.807) is 0 Å². The van der Waals surface area contributed by atoms with E-state index >= 15 is 0 Å². The number of ether oxygens (including phenoxy) is 1. The van der Waals surface area contributed by atoms with Crippen molar-refractivity contribution < 1.29 is 4.74 Å². The summed E-state index contributed by atoms with van der Waals surface area (Å²) in [5.74, 6) is 0.893. The Bertz CT molecular complexity index is 414. The van der Waals surface area contributed by atoms with Crippen molar-refractivity contribution >= 4 is 17.2 Å². The Morgan fingerprint density at radius 1 is 1.22 bits per heavy atom. The van der Waals surface area contributed by atoms with Crippen molar-refractivity contribution in [3.63, 3.8) is 0 Å². The van der Waals surface area contributed by atoms with Crippen LogP contribution < -0.4 is 4.74 Å². The number of thiocarbonyl (C=S) groups is 1. The van der Waals surface area contributed by atoms with Gasteiger partial charge in [0.1, 0.15) is 10.7 Å². The first-order chi connectivity index (χ1) is 8.72. The Morgan fingerprint density at radius 3 is 2.56 bits per heavy atom. The number of hydrogen-bond donors (Lipinski definition) is 0. The van der Waals surface area contributed by atoms with Crippen LogP contribution in [0.1, 0.15) is 12.5 Å². The number of rotatable bonds is 3. The second-order valence-corrected chi connectivity index (χ2v) is 4.91. The monoisotopic (exact) mass is 264 g/mol. The fourth-order valence-electron chi connectivity index (χ4n) is 2.10. The predicted molar refractivity (Wildman–Crippen MR) is 78.4 cm³/mol. The second kappa shape index (κ2) is 6.16. The molecular formula is C14H20N2OS. The summed E-state index contributed by atoms with van der Waals surface area (Å²) in [5, 5.41) is 0. The zero-order valence-corrected chi connectivity index (χ0v) is 11.9. The van der Waals surface area contributed by atoms with Gasteiger partial charge in [-0.1, -0.05) is 24.4 Å². The Balaban J connectivity index is 2.13. The van der Waals surface area contributed by atoms with E-state index in [9.17, 15) is 0 Å². The highest BCUT2D eigenvalue weighted by atomic mass is 32.1.